The molecule has 3 rings (SSSR count). The third-order valence-corrected chi connectivity index (χ3v) is 5.45. The maximum atomic E-state index is 12.7. The topological polar surface area (TPSA) is 88.4 Å². The largest absolute Gasteiger partial charge is 0.452 e. The minimum Gasteiger partial charge on any atom is -0.452 e. The predicted octanol–water partition coefficient (Wildman–Crippen LogP) is 1.38. The van der Waals surface area contributed by atoms with E-state index in [1.165, 1.54) is 16.6 Å². The van der Waals surface area contributed by atoms with Crippen LogP contribution in [0.1, 0.15) is 23.0 Å². The standard InChI is InChI=1S/C13H17N3O4S/c1-9-13(10(2)15-14-9)11-8-19-7-5-16(11)21(17,18)12-4-3-6-20-12/h3-4,6,11H,5,7-8H2,1-2H3,(H,14,15). The smallest absolute Gasteiger partial charge is 0.277 e. The maximum absolute atomic E-state index is 12.7. The molecule has 0 amide bonds. The highest BCUT2D eigenvalue weighted by Gasteiger charge is 2.38. The molecule has 0 aliphatic carbocycles. The Kier molecular flexibility index (Phi) is 3.60. The Morgan fingerprint density at radius 1 is 1.43 bits per heavy atom. The molecule has 1 saturated heterocycles. The Bertz CT molecular complexity index is 701. The number of aryl methyl sites for hydroxylation is 2. The molecule has 1 atom stereocenters. The molecule has 1 aliphatic heterocycles. The van der Waals surface area contributed by atoms with Crippen LogP contribution in [0.5, 0.6) is 0 Å². The molecule has 8 heteroatoms. The molecule has 21 heavy (non-hydrogen) atoms. The van der Waals surface area contributed by atoms with Gasteiger partial charge in [0.1, 0.15) is 0 Å². The Labute approximate surface area is 122 Å². The van der Waals surface area contributed by atoms with Gasteiger partial charge in [-0.3, -0.25) is 5.10 Å². The van der Waals surface area contributed by atoms with Crippen LogP contribution in [0.15, 0.2) is 27.9 Å². The van der Waals surface area contributed by atoms with Crippen LogP contribution in [0.3, 0.4) is 0 Å². The molecule has 0 spiro atoms. The summed E-state index contributed by atoms with van der Waals surface area (Å²) >= 11 is 0. The minimum atomic E-state index is -3.68. The summed E-state index contributed by atoms with van der Waals surface area (Å²) in [7, 11) is -3.68. The molecule has 2 aromatic heterocycles. The van der Waals surface area contributed by atoms with Gasteiger partial charge < -0.3 is 9.15 Å². The molecule has 3 heterocycles. The number of aromatic amines is 1. The van der Waals surface area contributed by atoms with Crippen molar-refractivity contribution in [2.75, 3.05) is 19.8 Å². The van der Waals surface area contributed by atoms with Crippen LogP contribution in [0.25, 0.3) is 0 Å². The number of rotatable bonds is 3. The highest BCUT2D eigenvalue weighted by atomic mass is 32.2. The Morgan fingerprint density at radius 2 is 2.24 bits per heavy atom. The van der Waals surface area contributed by atoms with Gasteiger partial charge in [-0.15, -0.1) is 0 Å². The number of sulfonamides is 1. The molecule has 0 bridgehead atoms. The number of hydrogen-bond donors (Lipinski definition) is 1. The third kappa shape index (κ3) is 2.39. The minimum absolute atomic E-state index is 0.0480. The summed E-state index contributed by atoms with van der Waals surface area (Å²) in [4.78, 5) is 0. The van der Waals surface area contributed by atoms with Crippen molar-refractivity contribution in [3.05, 3.63) is 35.3 Å². The molecule has 1 fully saturated rings. The third-order valence-electron chi connectivity index (χ3n) is 3.66. The van der Waals surface area contributed by atoms with E-state index < -0.39 is 16.1 Å². The second-order valence-corrected chi connectivity index (χ2v) is 6.81. The van der Waals surface area contributed by atoms with Gasteiger partial charge in [0.05, 0.1) is 31.2 Å². The van der Waals surface area contributed by atoms with Gasteiger partial charge >= 0.3 is 0 Å². The summed E-state index contributed by atoms with van der Waals surface area (Å²) in [5.41, 5.74) is 2.50. The summed E-state index contributed by atoms with van der Waals surface area (Å²) in [6.45, 7) is 4.69. The molecule has 1 N–H and O–H groups in total. The summed E-state index contributed by atoms with van der Waals surface area (Å²) in [6.07, 6.45) is 1.36. The lowest BCUT2D eigenvalue weighted by molar-refractivity contribution is 0.0310. The highest BCUT2D eigenvalue weighted by molar-refractivity contribution is 7.89. The quantitative estimate of drug-likeness (QED) is 0.925. The summed E-state index contributed by atoms with van der Waals surface area (Å²) < 4.78 is 37.4. The van der Waals surface area contributed by atoms with E-state index >= 15 is 0 Å². The van der Waals surface area contributed by atoms with E-state index in [1.807, 2.05) is 13.8 Å². The van der Waals surface area contributed by atoms with Crippen molar-refractivity contribution in [1.82, 2.24) is 14.5 Å². The van der Waals surface area contributed by atoms with Crippen molar-refractivity contribution in [2.24, 2.45) is 0 Å². The summed E-state index contributed by atoms with van der Waals surface area (Å²) in [5.74, 6) is 0. The molecule has 0 aromatic carbocycles. The second-order valence-electron chi connectivity index (χ2n) is 4.99. The fourth-order valence-electron chi connectivity index (χ4n) is 2.68. The fourth-order valence-corrected chi connectivity index (χ4v) is 4.15. The number of H-pyrrole nitrogens is 1. The van der Waals surface area contributed by atoms with Crippen molar-refractivity contribution >= 4 is 10.0 Å². The molecule has 114 valence electrons. The lowest BCUT2D eigenvalue weighted by Crippen LogP contribution is -2.43. The highest BCUT2D eigenvalue weighted by Crippen LogP contribution is 2.32. The Balaban J connectivity index is 2.04. The number of nitrogens with zero attached hydrogens (tertiary/aromatic N) is 2. The number of hydrogen-bond acceptors (Lipinski definition) is 5. The second kappa shape index (κ2) is 5.28. The lowest BCUT2D eigenvalue weighted by atomic mass is 10.1. The van der Waals surface area contributed by atoms with Gasteiger partial charge in [0, 0.05) is 17.8 Å². The fraction of sp³-hybridized carbons (Fsp3) is 0.462. The van der Waals surface area contributed by atoms with Gasteiger partial charge in [0.25, 0.3) is 10.0 Å². The van der Waals surface area contributed by atoms with Gasteiger partial charge in [0.2, 0.25) is 5.09 Å². The first-order valence-corrected chi connectivity index (χ1v) is 8.10. The van der Waals surface area contributed by atoms with Crippen LogP contribution in [-0.2, 0) is 14.8 Å². The normalized spacial score (nSPS) is 20.8. The molecular weight excluding hydrogens is 294 g/mol. The van der Waals surface area contributed by atoms with Crippen molar-refractivity contribution in [3.8, 4) is 0 Å². The van der Waals surface area contributed by atoms with Crippen LogP contribution in [-0.4, -0.2) is 42.7 Å². The molecule has 7 nitrogen and oxygen atoms in total. The zero-order chi connectivity index (χ0) is 15.0. The first-order chi connectivity index (χ1) is 10.0. The Morgan fingerprint density at radius 3 is 2.86 bits per heavy atom. The predicted molar refractivity (Wildman–Crippen MR) is 74.2 cm³/mol. The van der Waals surface area contributed by atoms with Gasteiger partial charge in [-0.25, -0.2) is 8.42 Å². The van der Waals surface area contributed by atoms with Gasteiger partial charge in [-0.1, -0.05) is 0 Å². The van der Waals surface area contributed by atoms with E-state index in [-0.39, 0.29) is 11.6 Å². The lowest BCUT2D eigenvalue weighted by Gasteiger charge is -2.34. The number of nitrogens with one attached hydrogen (secondary N) is 1. The van der Waals surface area contributed by atoms with Crippen molar-refractivity contribution in [2.45, 2.75) is 25.0 Å². The first-order valence-electron chi connectivity index (χ1n) is 6.66. The molecule has 0 radical (unpaired) electrons. The van der Waals surface area contributed by atoms with E-state index in [4.69, 9.17) is 9.15 Å². The van der Waals surface area contributed by atoms with E-state index in [0.29, 0.717) is 13.2 Å². The summed E-state index contributed by atoms with van der Waals surface area (Å²) in [6, 6.07) is 2.63. The van der Waals surface area contributed by atoms with Crippen molar-refractivity contribution in [3.63, 3.8) is 0 Å². The van der Waals surface area contributed by atoms with E-state index in [1.54, 1.807) is 6.07 Å². The average molecular weight is 311 g/mol. The van der Waals surface area contributed by atoms with Crippen LogP contribution in [0.4, 0.5) is 0 Å². The van der Waals surface area contributed by atoms with Crippen LogP contribution < -0.4 is 0 Å². The number of furan rings is 1. The summed E-state index contributed by atoms with van der Waals surface area (Å²) in [5, 5.41) is 6.99. The Hall–Kier alpha value is -1.64. The number of morpholine rings is 1. The van der Waals surface area contributed by atoms with Gasteiger partial charge in [-0.05, 0) is 26.0 Å². The van der Waals surface area contributed by atoms with E-state index in [2.05, 4.69) is 10.2 Å². The average Bonchev–Trinajstić information content (AvgIpc) is 3.10. The molecule has 1 unspecified atom stereocenters. The molecule has 0 saturated carbocycles. The van der Waals surface area contributed by atoms with Crippen LogP contribution >= 0.6 is 0 Å². The number of aromatic nitrogens is 2. The van der Waals surface area contributed by atoms with Gasteiger partial charge in [0.15, 0.2) is 0 Å². The van der Waals surface area contributed by atoms with E-state index in [0.717, 1.165) is 17.0 Å². The first kappa shape index (κ1) is 14.3. The maximum Gasteiger partial charge on any atom is 0.277 e. The monoisotopic (exact) mass is 311 g/mol. The molecular formula is C13H17N3O4S. The zero-order valence-electron chi connectivity index (χ0n) is 11.9. The zero-order valence-corrected chi connectivity index (χ0v) is 12.7. The molecule has 2 aromatic rings. The van der Waals surface area contributed by atoms with E-state index in [9.17, 15) is 8.42 Å². The van der Waals surface area contributed by atoms with Crippen LogP contribution in [0, 0.1) is 13.8 Å². The van der Waals surface area contributed by atoms with Crippen molar-refractivity contribution in [1.29, 1.82) is 0 Å². The van der Waals surface area contributed by atoms with Crippen molar-refractivity contribution < 1.29 is 17.6 Å². The molecule has 1 aliphatic rings. The van der Waals surface area contributed by atoms with Crippen LogP contribution in [0.2, 0.25) is 0 Å². The SMILES string of the molecule is Cc1n[nH]c(C)c1C1COCCN1S(=O)(=O)c1ccco1. The van der Waals surface area contributed by atoms with Gasteiger partial charge in [-0.2, -0.15) is 9.40 Å². The number of ether oxygens (including phenoxy) is 1.